The third kappa shape index (κ3) is 2.11. The second-order valence-electron chi connectivity index (χ2n) is 4.30. The lowest BCUT2D eigenvalue weighted by Crippen LogP contribution is -1.98. The van der Waals surface area contributed by atoms with E-state index in [4.69, 9.17) is 4.74 Å². The van der Waals surface area contributed by atoms with Gasteiger partial charge in [-0.25, -0.2) is 0 Å². The van der Waals surface area contributed by atoms with Crippen LogP contribution in [0.15, 0.2) is 30.6 Å². The van der Waals surface area contributed by atoms with E-state index >= 15 is 0 Å². The van der Waals surface area contributed by atoms with Crippen LogP contribution in [0, 0.1) is 0 Å². The molecule has 0 radical (unpaired) electrons. The molecule has 0 spiro atoms. The minimum atomic E-state index is 0.799. The van der Waals surface area contributed by atoms with Crippen LogP contribution in [0.4, 0.5) is 5.69 Å². The fourth-order valence-corrected chi connectivity index (χ4v) is 2.06. The van der Waals surface area contributed by atoms with Crippen LogP contribution < -0.4 is 10.1 Å². The molecule has 1 aromatic heterocycles. The van der Waals surface area contributed by atoms with Gasteiger partial charge in [0.1, 0.15) is 5.75 Å². The van der Waals surface area contributed by atoms with E-state index in [2.05, 4.69) is 22.5 Å². The first-order valence-electron chi connectivity index (χ1n) is 5.78. The second-order valence-corrected chi connectivity index (χ2v) is 4.30. The summed E-state index contributed by atoms with van der Waals surface area (Å²) in [7, 11) is 1.93. The maximum atomic E-state index is 5.48. The Kier molecular flexibility index (Phi) is 2.48. The molecule has 0 atom stereocenters. The minimum absolute atomic E-state index is 0.799. The molecule has 4 heteroatoms. The number of fused-ring (bicyclic) bond motifs is 1. The molecule has 0 saturated carbocycles. The number of hydrogen-bond acceptors (Lipinski definition) is 3. The van der Waals surface area contributed by atoms with Crippen molar-refractivity contribution >= 4 is 5.69 Å². The van der Waals surface area contributed by atoms with E-state index in [-0.39, 0.29) is 0 Å². The lowest BCUT2D eigenvalue weighted by molar-refractivity contribution is 0.357. The number of aryl methyl sites for hydroxylation is 1. The summed E-state index contributed by atoms with van der Waals surface area (Å²) in [5.41, 5.74) is 3.61. The average molecular weight is 229 g/mol. The molecule has 1 aliphatic heterocycles. The number of rotatable bonds is 3. The van der Waals surface area contributed by atoms with E-state index in [0.29, 0.717) is 0 Å². The van der Waals surface area contributed by atoms with Gasteiger partial charge in [0.2, 0.25) is 0 Å². The molecule has 0 saturated heterocycles. The minimum Gasteiger partial charge on any atom is -0.493 e. The van der Waals surface area contributed by atoms with Crippen LogP contribution in [0.1, 0.15) is 11.1 Å². The van der Waals surface area contributed by atoms with Gasteiger partial charge in [-0.05, 0) is 23.8 Å². The first-order chi connectivity index (χ1) is 8.31. The Morgan fingerprint density at radius 1 is 1.47 bits per heavy atom. The third-order valence-corrected chi connectivity index (χ3v) is 2.94. The molecule has 0 aliphatic carbocycles. The number of nitrogens with one attached hydrogen (secondary N) is 1. The van der Waals surface area contributed by atoms with Crippen molar-refractivity contribution in [2.24, 2.45) is 7.05 Å². The van der Waals surface area contributed by atoms with Gasteiger partial charge in [-0.3, -0.25) is 4.68 Å². The van der Waals surface area contributed by atoms with Gasteiger partial charge >= 0.3 is 0 Å². The summed E-state index contributed by atoms with van der Waals surface area (Å²) >= 11 is 0. The zero-order chi connectivity index (χ0) is 11.7. The summed E-state index contributed by atoms with van der Waals surface area (Å²) < 4.78 is 7.29. The summed E-state index contributed by atoms with van der Waals surface area (Å²) in [5, 5.41) is 7.54. The SMILES string of the molecule is Cn1cc(CNc2ccc3c(c2)CCO3)cn1. The van der Waals surface area contributed by atoms with Crippen LogP contribution in [0.2, 0.25) is 0 Å². The van der Waals surface area contributed by atoms with Crippen molar-refractivity contribution in [3.8, 4) is 5.75 Å². The van der Waals surface area contributed by atoms with Crippen LogP contribution in [-0.2, 0) is 20.0 Å². The first kappa shape index (κ1) is 10.2. The molecule has 1 N–H and O–H groups in total. The lowest BCUT2D eigenvalue weighted by atomic mass is 10.1. The predicted molar refractivity (Wildman–Crippen MR) is 66.2 cm³/mol. The van der Waals surface area contributed by atoms with Gasteiger partial charge in [-0.1, -0.05) is 0 Å². The Hall–Kier alpha value is -1.97. The van der Waals surface area contributed by atoms with Crippen molar-refractivity contribution in [2.45, 2.75) is 13.0 Å². The summed E-state index contributed by atoms with van der Waals surface area (Å²) in [6.45, 7) is 1.61. The lowest BCUT2D eigenvalue weighted by Gasteiger charge is -2.06. The van der Waals surface area contributed by atoms with Crippen molar-refractivity contribution in [2.75, 3.05) is 11.9 Å². The van der Waals surface area contributed by atoms with Gasteiger partial charge in [-0.15, -0.1) is 0 Å². The molecule has 1 aromatic carbocycles. The number of aromatic nitrogens is 2. The third-order valence-electron chi connectivity index (χ3n) is 2.94. The topological polar surface area (TPSA) is 39.1 Å². The van der Waals surface area contributed by atoms with E-state index in [0.717, 1.165) is 31.0 Å². The number of nitrogens with zero attached hydrogens (tertiary/aromatic N) is 2. The van der Waals surface area contributed by atoms with Crippen LogP contribution in [0.3, 0.4) is 0 Å². The number of anilines is 1. The number of hydrogen-bond donors (Lipinski definition) is 1. The van der Waals surface area contributed by atoms with Crippen LogP contribution in [-0.4, -0.2) is 16.4 Å². The molecule has 0 fully saturated rings. The van der Waals surface area contributed by atoms with Crippen molar-refractivity contribution in [3.63, 3.8) is 0 Å². The van der Waals surface area contributed by atoms with Gasteiger partial charge < -0.3 is 10.1 Å². The Labute approximate surface area is 100 Å². The van der Waals surface area contributed by atoms with Crippen LogP contribution in [0.25, 0.3) is 0 Å². The van der Waals surface area contributed by atoms with Gasteiger partial charge in [0.25, 0.3) is 0 Å². The maximum Gasteiger partial charge on any atom is 0.122 e. The Bertz CT molecular complexity index is 533. The summed E-state index contributed by atoms with van der Waals surface area (Å²) in [6, 6.07) is 6.26. The van der Waals surface area contributed by atoms with Crippen LogP contribution in [0.5, 0.6) is 5.75 Å². The Morgan fingerprint density at radius 3 is 3.24 bits per heavy atom. The average Bonchev–Trinajstić information content (AvgIpc) is 2.94. The Morgan fingerprint density at radius 2 is 2.41 bits per heavy atom. The fraction of sp³-hybridized carbons (Fsp3) is 0.308. The van der Waals surface area contributed by atoms with Gasteiger partial charge in [0.05, 0.1) is 12.8 Å². The normalized spacial score (nSPS) is 13.2. The van der Waals surface area contributed by atoms with Crippen molar-refractivity contribution in [1.29, 1.82) is 0 Å². The van der Waals surface area contributed by atoms with E-state index < -0.39 is 0 Å². The highest BCUT2D eigenvalue weighted by molar-refractivity contribution is 5.52. The maximum absolute atomic E-state index is 5.48. The molecule has 88 valence electrons. The van der Waals surface area contributed by atoms with Gasteiger partial charge in [-0.2, -0.15) is 5.10 Å². The molecule has 0 unspecified atom stereocenters. The zero-order valence-corrected chi connectivity index (χ0v) is 9.81. The van der Waals surface area contributed by atoms with E-state index in [1.165, 1.54) is 11.1 Å². The molecule has 0 bridgehead atoms. The van der Waals surface area contributed by atoms with Gasteiger partial charge in [0.15, 0.2) is 0 Å². The fourth-order valence-electron chi connectivity index (χ4n) is 2.06. The smallest absolute Gasteiger partial charge is 0.122 e. The van der Waals surface area contributed by atoms with Gasteiger partial charge in [0, 0.05) is 37.5 Å². The summed E-state index contributed by atoms with van der Waals surface area (Å²) in [6.07, 6.45) is 4.91. The zero-order valence-electron chi connectivity index (χ0n) is 9.81. The van der Waals surface area contributed by atoms with E-state index in [1.54, 1.807) is 0 Å². The molecule has 3 rings (SSSR count). The standard InChI is InChI=1S/C13H15N3O/c1-16-9-10(8-15-16)7-14-12-2-3-13-11(6-12)4-5-17-13/h2-3,6,8-9,14H,4-5,7H2,1H3. The molecule has 1 aliphatic rings. The largest absolute Gasteiger partial charge is 0.493 e. The molecule has 17 heavy (non-hydrogen) atoms. The highest BCUT2D eigenvalue weighted by atomic mass is 16.5. The first-order valence-corrected chi connectivity index (χ1v) is 5.78. The molecular weight excluding hydrogens is 214 g/mol. The number of ether oxygens (including phenoxy) is 1. The quantitative estimate of drug-likeness (QED) is 0.874. The van der Waals surface area contributed by atoms with Crippen molar-refractivity contribution in [3.05, 3.63) is 41.7 Å². The molecule has 2 aromatic rings. The molecule has 2 heterocycles. The monoisotopic (exact) mass is 229 g/mol. The predicted octanol–water partition coefficient (Wildman–Crippen LogP) is 1.97. The molecular formula is C13H15N3O. The molecule has 4 nitrogen and oxygen atoms in total. The second kappa shape index (κ2) is 4.13. The highest BCUT2D eigenvalue weighted by Crippen LogP contribution is 2.27. The summed E-state index contributed by atoms with van der Waals surface area (Å²) in [4.78, 5) is 0. The van der Waals surface area contributed by atoms with Crippen LogP contribution >= 0.6 is 0 Å². The van der Waals surface area contributed by atoms with E-state index in [9.17, 15) is 0 Å². The van der Waals surface area contributed by atoms with Crippen molar-refractivity contribution in [1.82, 2.24) is 9.78 Å². The number of benzene rings is 1. The highest BCUT2D eigenvalue weighted by Gasteiger charge is 2.11. The van der Waals surface area contributed by atoms with E-state index in [1.807, 2.05) is 30.2 Å². The molecule has 0 amide bonds. The Balaban J connectivity index is 1.69. The van der Waals surface area contributed by atoms with Crippen molar-refractivity contribution < 1.29 is 4.74 Å². The summed E-state index contributed by atoms with van der Waals surface area (Å²) in [5.74, 6) is 1.02.